The smallest absolute Gasteiger partial charge is 0.0434 e. The molecule has 0 radical (unpaired) electrons. The lowest BCUT2D eigenvalue weighted by molar-refractivity contribution is 0.606. The van der Waals surface area contributed by atoms with Gasteiger partial charge in [0.15, 0.2) is 5.82 Å². The summed E-state index contributed by atoms with van der Waals surface area (Å²) in [5.74, 6) is 0.299. The van der Waals surface area contributed by atoms with E-state index < -0.39 is 8.19 Å². The van der Waals surface area contributed by atoms with Crippen LogP contribution in [0.25, 0.3) is 0 Å². The average Bonchev–Trinajstić information content (AvgIpc) is 1.30. The van der Waals surface area contributed by atoms with Gasteiger partial charge in [0.05, 0.1) is 0 Å². The van der Waals surface area contributed by atoms with Crippen LogP contribution >= 0.6 is 8.19 Å². The SMILES string of the molecule is CC=C[P+](F)(F)F. The quantitative estimate of drug-likeness (QED) is 0.477. The standard InChI is InChI=1S/C3H5F3P/c1-2-3-7(4,5)6/h2-3H,1H3/q+1. The van der Waals surface area contributed by atoms with Crippen molar-refractivity contribution in [3.63, 3.8) is 0 Å². The number of allylic oxidation sites excluding steroid dienone is 1. The highest BCUT2D eigenvalue weighted by Crippen LogP contribution is 2.65. The Morgan fingerprint density at radius 1 is 1.29 bits per heavy atom. The zero-order valence-electron chi connectivity index (χ0n) is 3.74. The third-order valence-electron chi connectivity index (χ3n) is 0.318. The molecule has 0 atom stereocenters. The van der Waals surface area contributed by atoms with Crippen LogP contribution < -0.4 is 0 Å². The molecule has 0 fully saturated rings. The predicted octanol–water partition coefficient (Wildman–Crippen LogP) is 3.19. The molecule has 0 aliphatic rings. The highest BCUT2D eigenvalue weighted by atomic mass is 31.3. The van der Waals surface area contributed by atoms with E-state index in [4.69, 9.17) is 0 Å². The first-order valence-electron chi connectivity index (χ1n) is 1.68. The molecule has 7 heavy (non-hydrogen) atoms. The van der Waals surface area contributed by atoms with Gasteiger partial charge in [-0.1, -0.05) is 0 Å². The molecule has 42 valence electrons. The van der Waals surface area contributed by atoms with Gasteiger partial charge in [0, 0.05) is 12.6 Å². The zero-order chi connectivity index (χ0) is 5.91. The van der Waals surface area contributed by atoms with E-state index in [0.29, 0.717) is 5.82 Å². The lowest BCUT2D eigenvalue weighted by atomic mass is 10.8. The van der Waals surface area contributed by atoms with E-state index >= 15 is 0 Å². The van der Waals surface area contributed by atoms with Gasteiger partial charge < -0.3 is 0 Å². The molecule has 0 saturated heterocycles. The van der Waals surface area contributed by atoms with E-state index in [1.807, 2.05) is 0 Å². The third kappa shape index (κ3) is 5.96. The second-order valence-corrected chi connectivity index (χ2v) is 2.23. The van der Waals surface area contributed by atoms with Crippen LogP contribution in [0.1, 0.15) is 6.92 Å². The first-order chi connectivity index (χ1) is 3.06. The largest absolute Gasteiger partial charge is 0.594 e. The minimum absolute atomic E-state index is 0.299. The van der Waals surface area contributed by atoms with Crippen molar-refractivity contribution >= 4 is 8.19 Å². The summed E-state index contributed by atoms with van der Waals surface area (Å²) >= 11 is 0. The van der Waals surface area contributed by atoms with Gasteiger partial charge in [-0.05, 0) is 13.0 Å². The van der Waals surface area contributed by atoms with E-state index in [1.165, 1.54) is 6.92 Å². The lowest BCUT2D eigenvalue weighted by Crippen LogP contribution is -1.52. The summed E-state index contributed by atoms with van der Waals surface area (Å²) in [7, 11) is -5.10. The van der Waals surface area contributed by atoms with Crippen LogP contribution in [-0.2, 0) is 0 Å². The number of rotatable bonds is 1. The topological polar surface area (TPSA) is 0 Å². The van der Waals surface area contributed by atoms with Gasteiger partial charge in [-0.15, -0.1) is 0 Å². The molecule has 0 N–H and O–H groups in total. The van der Waals surface area contributed by atoms with E-state index in [0.717, 1.165) is 6.08 Å². The predicted molar refractivity (Wildman–Crippen MR) is 25.1 cm³/mol. The fourth-order valence-corrected chi connectivity index (χ4v) is 0.507. The zero-order valence-corrected chi connectivity index (χ0v) is 4.63. The molecule has 0 amide bonds. The summed E-state index contributed by atoms with van der Waals surface area (Å²) in [4.78, 5) is 0. The normalized spacial score (nSPS) is 13.1. The molecule has 0 aromatic heterocycles. The first-order valence-corrected chi connectivity index (χ1v) is 3.21. The molecule has 0 nitrogen and oxygen atoms in total. The highest BCUT2D eigenvalue weighted by molar-refractivity contribution is 7.63. The van der Waals surface area contributed by atoms with Crippen molar-refractivity contribution in [3.05, 3.63) is 11.9 Å². The maximum Gasteiger partial charge on any atom is 0.594 e. The molecule has 0 aromatic carbocycles. The molecule has 4 heteroatoms. The van der Waals surface area contributed by atoms with Crippen LogP contribution in [0.2, 0.25) is 0 Å². The summed E-state index contributed by atoms with van der Waals surface area (Å²) in [5.41, 5.74) is 0. The second kappa shape index (κ2) is 2.31. The van der Waals surface area contributed by atoms with Crippen LogP contribution in [-0.4, -0.2) is 0 Å². The van der Waals surface area contributed by atoms with Gasteiger partial charge in [0.2, 0.25) is 0 Å². The molecule has 0 aromatic rings. The Labute approximate surface area is 40.7 Å². The minimum atomic E-state index is -5.10. The molecule has 0 saturated carbocycles. The van der Waals surface area contributed by atoms with Crippen LogP contribution in [0.5, 0.6) is 0 Å². The summed E-state index contributed by atoms with van der Waals surface area (Å²) in [6.45, 7) is 1.35. The summed E-state index contributed by atoms with van der Waals surface area (Å²) in [5, 5.41) is 0. The van der Waals surface area contributed by atoms with E-state index in [1.54, 1.807) is 0 Å². The van der Waals surface area contributed by atoms with Crippen LogP contribution in [0.3, 0.4) is 0 Å². The molecular weight excluding hydrogens is 124 g/mol. The summed E-state index contributed by atoms with van der Waals surface area (Å²) in [6.07, 6.45) is 1.01. The van der Waals surface area contributed by atoms with Gasteiger partial charge in [-0.3, -0.25) is 0 Å². The summed E-state index contributed by atoms with van der Waals surface area (Å²) in [6, 6.07) is 0. The number of hydrogen-bond donors (Lipinski definition) is 0. The van der Waals surface area contributed by atoms with Crippen molar-refractivity contribution < 1.29 is 12.6 Å². The Morgan fingerprint density at radius 2 is 1.71 bits per heavy atom. The lowest BCUT2D eigenvalue weighted by Gasteiger charge is -1.76. The summed E-state index contributed by atoms with van der Waals surface area (Å²) < 4.78 is 33.2. The Bertz CT molecular complexity index is 72.7. The van der Waals surface area contributed by atoms with Gasteiger partial charge in [-0.2, -0.15) is 0 Å². The molecule has 0 aliphatic carbocycles. The van der Waals surface area contributed by atoms with Gasteiger partial charge in [-0.25, -0.2) is 0 Å². The van der Waals surface area contributed by atoms with Crippen molar-refractivity contribution in [3.8, 4) is 0 Å². The number of halogens is 3. The fourth-order valence-electron chi connectivity index (χ4n) is 0.169. The Morgan fingerprint density at radius 3 is 1.71 bits per heavy atom. The van der Waals surface area contributed by atoms with E-state index in [9.17, 15) is 12.6 Å². The molecular formula is C3H5F3P+. The number of hydrogen-bond acceptors (Lipinski definition) is 0. The molecule has 0 spiro atoms. The van der Waals surface area contributed by atoms with Crippen molar-refractivity contribution in [2.24, 2.45) is 0 Å². The van der Waals surface area contributed by atoms with Crippen molar-refractivity contribution in [1.29, 1.82) is 0 Å². The second-order valence-electron chi connectivity index (χ2n) is 0.967. The molecule has 0 heterocycles. The fraction of sp³-hybridized carbons (Fsp3) is 0.333. The maximum absolute atomic E-state index is 11.1. The monoisotopic (exact) mass is 129 g/mol. The molecule has 0 bridgehead atoms. The van der Waals surface area contributed by atoms with Crippen molar-refractivity contribution in [2.75, 3.05) is 0 Å². The Balaban J connectivity index is 3.56. The Hall–Kier alpha value is -0.0400. The van der Waals surface area contributed by atoms with Crippen LogP contribution in [0.15, 0.2) is 11.9 Å². The van der Waals surface area contributed by atoms with Gasteiger partial charge in [0.25, 0.3) is 0 Å². The maximum atomic E-state index is 11.1. The van der Waals surface area contributed by atoms with Crippen molar-refractivity contribution in [1.82, 2.24) is 0 Å². The van der Waals surface area contributed by atoms with Crippen LogP contribution in [0, 0.1) is 0 Å². The molecule has 0 unspecified atom stereocenters. The van der Waals surface area contributed by atoms with E-state index in [2.05, 4.69) is 0 Å². The third-order valence-corrected chi connectivity index (χ3v) is 0.954. The van der Waals surface area contributed by atoms with Crippen molar-refractivity contribution in [2.45, 2.75) is 6.92 Å². The van der Waals surface area contributed by atoms with Crippen LogP contribution in [0.4, 0.5) is 12.6 Å². The average molecular weight is 129 g/mol. The molecule has 0 rings (SSSR count). The van der Waals surface area contributed by atoms with E-state index in [-0.39, 0.29) is 0 Å². The highest BCUT2D eigenvalue weighted by Gasteiger charge is 2.38. The van der Waals surface area contributed by atoms with Gasteiger partial charge in [0.1, 0.15) is 0 Å². The Kier molecular flexibility index (Phi) is 2.30. The van der Waals surface area contributed by atoms with Gasteiger partial charge >= 0.3 is 8.19 Å². The first kappa shape index (κ1) is 6.96. The minimum Gasteiger partial charge on any atom is -0.0434 e. The molecule has 0 aliphatic heterocycles.